The van der Waals surface area contributed by atoms with Crippen LogP contribution in [0.15, 0.2) is 91.0 Å². The normalized spacial score (nSPS) is 11.8. The molecule has 44 heavy (non-hydrogen) atoms. The summed E-state index contributed by atoms with van der Waals surface area (Å²) in [5.41, 5.74) is 10.3. The molecular formula is C41H55BrPPd+. The van der Waals surface area contributed by atoms with Crippen LogP contribution in [0.4, 0.5) is 0 Å². The third-order valence-corrected chi connectivity index (χ3v) is 11.9. The van der Waals surface area contributed by atoms with Gasteiger partial charge in [0.2, 0.25) is 0 Å². The third kappa shape index (κ3) is 9.97. The summed E-state index contributed by atoms with van der Waals surface area (Å²) >= 11 is 5.35. The number of hydrogen-bond donors (Lipinski definition) is 0. The quantitative estimate of drug-likeness (QED) is 0.104. The molecule has 0 aliphatic rings. The first-order chi connectivity index (χ1) is 20.7. The molecule has 0 heterocycles. The van der Waals surface area contributed by atoms with E-state index in [2.05, 4.69) is 180 Å². The maximum absolute atomic E-state index is 2.89. The van der Waals surface area contributed by atoms with Crippen LogP contribution in [0.5, 0.6) is 0 Å². The largest absolute Gasteiger partial charge is 0.184 e. The van der Waals surface area contributed by atoms with Crippen LogP contribution < -0.4 is 5.30 Å². The summed E-state index contributed by atoms with van der Waals surface area (Å²) in [5, 5.41) is 2.08. The van der Waals surface area contributed by atoms with E-state index in [1.807, 2.05) is 30.3 Å². The van der Waals surface area contributed by atoms with Crippen molar-refractivity contribution in [3.8, 4) is 22.3 Å². The minimum Gasteiger partial charge on any atom is -0.184 e. The van der Waals surface area contributed by atoms with Gasteiger partial charge in [0.15, 0.2) is 0 Å². The summed E-state index contributed by atoms with van der Waals surface area (Å²) in [6.07, 6.45) is 0. The first kappa shape index (κ1) is 38.6. The first-order valence-electron chi connectivity index (χ1n) is 15.9. The van der Waals surface area contributed by atoms with Crippen LogP contribution in [0.2, 0.25) is 0 Å². The van der Waals surface area contributed by atoms with Gasteiger partial charge >= 0.3 is 30.6 Å². The Balaban J connectivity index is 0.000000740. The van der Waals surface area contributed by atoms with Gasteiger partial charge in [-0.3, -0.25) is 0 Å². The van der Waals surface area contributed by atoms with Crippen molar-refractivity contribution in [2.45, 2.75) is 111 Å². The van der Waals surface area contributed by atoms with Crippen LogP contribution in [-0.4, -0.2) is 10.3 Å². The second-order valence-corrected chi connectivity index (χ2v) is 18.8. The van der Waals surface area contributed by atoms with Gasteiger partial charge in [-0.2, -0.15) is 36.4 Å². The fourth-order valence-electron chi connectivity index (χ4n) is 6.66. The fourth-order valence-corrected chi connectivity index (χ4v) is 11.3. The van der Waals surface area contributed by atoms with E-state index in [9.17, 15) is 0 Å². The Morgan fingerprint density at radius 2 is 1.05 bits per heavy atom. The maximum Gasteiger partial charge on any atom is -0.171 e. The molecule has 0 radical (unpaired) electrons. The van der Waals surface area contributed by atoms with Gasteiger partial charge in [-0.25, -0.2) is 0 Å². The van der Waals surface area contributed by atoms with E-state index in [-0.39, 0.29) is 10.3 Å². The molecule has 4 rings (SSSR count). The van der Waals surface area contributed by atoms with Crippen molar-refractivity contribution in [3.63, 3.8) is 0 Å². The molecule has 0 aromatic heterocycles. The molecule has 0 amide bonds. The van der Waals surface area contributed by atoms with Crippen LogP contribution in [0, 0.1) is 6.07 Å². The molecule has 0 nitrogen and oxygen atoms in total. The van der Waals surface area contributed by atoms with E-state index < -0.39 is 7.92 Å². The Labute approximate surface area is 289 Å². The van der Waals surface area contributed by atoms with Gasteiger partial charge in [0.05, 0.1) is 10.3 Å². The van der Waals surface area contributed by atoms with Gasteiger partial charge in [-0.15, -0.1) is 0 Å². The minimum atomic E-state index is -0.916. The molecule has 0 N–H and O–H groups in total. The average Bonchev–Trinajstić information content (AvgIpc) is 2.97. The molecule has 0 saturated carbocycles. The van der Waals surface area contributed by atoms with Crippen molar-refractivity contribution < 1.29 is 17.2 Å². The number of halogens is 1. The zero-order chi connectivity index (χ0) is 33.2. The van der Waals surface area contributed by atoms with Crippen molar-refractivity contribution in [1.29, 1.82) is 0 Å². The Morgan fingerprint density at radius 1 is 0.591 bits per heavy atom. The van der Waals surface area contributed by atoms with Crippen LogP contribution >= 0.6 is 21.4 Å². The van der Waals surface area contributed by atoms with E-state index in [1.165, 1.54) is 38.9 Å². The Kier molecular flexibility index (Phi) is 15.3. The van der Waals surface area contributed by atoms with Crippen LogP contribution in [0.25, 0.3) is 22.3 Å². The molecule has 0 fully saturated rings. The predicted octanol–water partition coefficient (Wildman–Crippen LogP) is 13.2. The van der Waals surface area contributed by atoms with Gasteiger partial charge in [0.25, 0.3) is 0 Å². The van der Waals surface area contributed by atoms with E-state index >= 15 is 0 Å². The van der Waals surface area contributed by atoms with Gasteiger partial charge in [-0.05, 0) is 98.7 Å². The number of rotatable bonds is 6. The molecule has 4 aromatic rings. The second kappa shape index (κ2) is 17.4. The predicted molar refractivity (Wildman–Crippen MR) is 201 cm³/mol. The summed E-state index contributed by atoms with van der Waals surface area (Å²) in [7, 11) is -0.916. The maximum atomic E-state index is 2.89. The first-order valence-corrected chi connectivity index (χ1v) is 21.0. The Bertz CT molecular complexity index is 1370. The van der Waals surface area contributed by atoms with Crippen molar-refractivity contribution in [2.24, 2.45) is 0 Å². The average molecular weight is 765 g/mol. The third-order valence-electron chi connectivity index (χ3n) is 7.88. The summed E-state index contributed by atoms with van der Waals surface area (Å²) in [6, 6.07) is 35.6. The van der Waals surface area contributed by atoms with Crippen molar-refractivity contribution in [2.75, 3.05) is 0 Å². The van der Waals surface area contributed by atoms with E-state index in [1.54, 1.807) is 5.30 Å². The van der Waals surface area contributed by atoms with Gasteiger partial charge in [0, 0.05) is 13.5 Å². The summed E-state index contributed by atoms with van der Waals surface area (Å²) in [4.78, 5) is 0. The topological polar surface area (TPSA) is 0 Å². The van der Waals surface area contributed by atoms with Crippen LogP contribution in [0.3, 0.4) is 0 Å². The standard InChI is InChI=1S/C35H49P.C6H5.BrH.Pd/c1-23(2)28-22-29(24(3)4)33(31(25(5)6)32(28)26-18-14-13-15-19-26)27-20-16-17-21-30(27)36(34(7,8)9)35(10,11)12;1-2-4-6-5-3-1;;/h13-25H,1-12H3;1-5H;1H;/q;-1;;+2. The van der Waals surface area contributed by atoms with E-state index in [4.69, 9.17) is 0 Å². The van der Waals surface area contributed by atoms with E-state index in [0.717, 1.165) is 0 Å². The van der Waals surface area contributed by atoms with Crippen LogP contribution in [0.1, 0.15) is 118 Å². The van der Waals surface area contributed by atoms with Crippen molar-refractivity contribution in [3.05, 3.63) is 114 Å². The SMILES string of the molecule is CC(C)c1cc(C(C)C)c(-c2ccccc2[PH+](C(C)(C)C)C(C)(C)C)c(C(C)C)c1-c1ccccc1.[Br][Pd+].[c-]1ccccc1. The van der Waals surface area contributed by atoms with Gasteiger partial charge < -0.3 is 0 Å². The minimum absolute atomic E-state index is 0.245. The zero-order valence-electron chi connectivity index (χ0n) is 29.1. The molecule has 0 aliphatic carbocycles. The number of benzene rings is 4. The molecule has 0 atom stereocenters. The van der Waals surface area contributed by atoms with E-state index in [0.29, 0.717) is 17.8 Å². The van der Waals surface area contributed by atoms with Crippen molar-refractivity contribution in [1.82, 2.24) is 0 Å². The second-order valence-electron chi connectivity index (χ2n) is 14.5. The van der Waals surface area contributed by atoms with Crippen molar-refractivity contribution >= 4 is 26.7 Å². The van der Waals surface area contributed by atoms with Gasteiger partial charge in [0.1, 0.15) is 5.30 Å². The molecule has 0 unspecified atom stereocenters. The molecule has 240 valence electrons. The molecule has 0 aliphatic heterocycles. The molecule has 3 heteroatoms. The summed E-state index contributed by atoms with van der Waals surface area (Å²) in [6.45, 7) is 28.9. The summed E-state index contributed by atoms with van der Waals surface area (Å²) < 4.78 is 0. The van der Waals surface area contributed by atoms with Gasteiger partial charge in [-0.1, -0.05) is 96.1 Å². The molecule has 0 saturated heterocycles. The Hall–Kier alpha value is -1.55. The molecule has 4 aromatic carbocycles. The molecular weight excluding hydrogens is 710 g/mol. The molecule has 0 spiro atoms. The van der Waals surface area contributed by atoms with Crippen LogP contribution in [-0.2, 0) is 17.2 Å². The monoisotopic (exact) mass is 763 g/mol. The fraction of sp³-hybridized carbons (Fsp3) is 0.415. The molecule has 0 bridgehead atoms. The Morgan fingerprint density at radius 3 is 1.45 bits per heavy atom. The summed E-state index contributed by atoms with van der Waals surface area (Å²) in [5.74, 6) is 1.33. The smallest absolute Gasteiger partial charge is 0.171 e. The zero-order valence-corrected chi connectivity index (χ0v) is 33.2. The number of hydrogen-bond acceptors (Lipinski definition) is 0.